The van der Waals surface area contributed by atoms with E-state index in [9.17, 15) is 0 Å². The molecule has 82 valence electrons. The minimum absolute atomic E-state index is 0.777. The summed E-state index contributed by atoms with van der Waals surface area (Å²) < 4.78 is 0. The van der Waals surface area contributed by atoms with Crippen LogP contribution in [0.5, 0.6) is 0 Å². The van der Waals surface area contributed by atoms with Crippen LogP contribution in [0.15, 0.2) is 66.0 Å². The number of nitrogens with zero attached hydrogens (tertiary/aromatic N) is 1. The second-order valence-electron chi connectivity index (χ2n) is 2.94. The Hall–Kier alpha value is -1.73. The molecule has 0 saturated heterocycles. The third-order valence-electron chi connectivity index (χ3n) is 1.84. The van der Waals surface area contributed by atoms with Crippen molar-refractivity contribution in [2.45, 2.75) is 0 Å². The highest BCUT2D eigenvalue weighted by Crippen LogP contribution is 2.08. The Balaban J connectivity index is 0.000000386. The molecule has 0 bridgehead atoms. The van der Waals surface area contributed by atoms with Crippen LogP contribution in [0.2, 0.25) is 0 Å². The van der Waals surface area contributed by atoms with Gasteiger partial charge in [0, 0.05) is 0 Å². The van der Waals surface area contributed by atoms with Crippen LogP contribution in [-0.4, -0.2) is 5.21 Å². The SMILES string of the molecule is O=NO.c1ccc(Pc2ccccc2)cc1. The lowest BCUT2D eigenvalue weighted by Gasteiger charge is -2.00. The average Bonchev–Trinajstić information content (AvgIpc) is 2.33. The third-order valence-corrected chi connectivity index (χ3v) is 3.08. The maximum Gasteiger partial charge on any atom is 0.152 e. The normalized spacial score (nSPS) is 8.75. The highest BCUT2D eigenvalue weighted by Gasteiger charge is 1.92. The molecule has 0 aliphatic rings. The molecule has 0 radical (unpaired) electrons. The van der Waals surface area contributed by atoms with E-state index in [1.807, 2.05) is 0 Å². The van der Waals surface area contributed by atoms with Gasteiger partial charge in [0.05, 0.1) is 0 Å². The van der Waals surface area contributed by atoms with Crippen molar-refractivity contribution in [2.75, 3.05) is 0 Å². The Morgan fingerprint density at radius 2 is 1.12 bits per heavy atom. The van der Waals surface area contributed by atoms with Crippen molar-refractivity contribution >= 4 is 19.2 Å². The quantitative estimate of drug-likeness (QED) is 0.492. The second kappa shape index (κ2) is 7.55. The Bertz CT molecular complexity index is 368. The molecule has 2 aromatic carbocycles. The molecule has 0 heterocycles. The van der Waals surface area contributed by atoms with E-state index in [-0.39, 0.29) is 0 Å². The van der Waals surface area contributed by atoms with Gasteiger partial charge in [0.1, 0.15) is 0 Å². The Morgan fingerprint density at radius 3 is 1.44 bits per heavy atom. The van der Waals surface area contributed by atoms with E-state index in [1.54, 1.807) is 0 Å². The van der Waals surface area contributed by atoms with Crippen LogP contribution in [0, 0.1) is 4.91 Å². The van der Waals surface area contributed by atoms with E-state index in [0.29, 0.717) is 0 Å². The van der Waals surface area contributed by atoms with Gasteiger partial charge in [-0.15, -0.1) is 4.91 Å². The molecule has 0 unspecified atom stereocenters. The van der Waals surface area contributed by atoms with Crippen molar-refractivity contribution in [1.82, 2.24) is 0 Å². The van der Waals surface area contributed by atoms with Gasteiger partial charge < -0.3 is 5.21 Å². The van der Waals surface area contributed by atoms with E-state index in [1.165, 1.54) is 15.9 Å². The molecule has 2 rings (SSSR count). The first-order valence-corrected chi connectivity index (χ1v) is 5.70. The van der Waals surface area contributed by atoms with Crippen molar-refractivity contribution in [3.05, 3.63) is 65.6 Å². The van der Waals surface area contributed by atoms with Gasteiger partial charge in [0.15, 0.2) is 5.34 Å². The molecule has 0 aliphatic heterocycles. The lowest BCUT2D eigenvalue weighted by Crippen LogP contribution is -2.01. The van der Waals surface area contributed by atoms with Crippen molar-refractivity contribution in [2.24, 2.45) is 5.34 Å². The van der Waals surface area contributed by atoms with Crippen molar-refractivity contribution < 1.29 is 5.21 Å². The second-order valence-corrected chi connectivity index (χ2v) is 4.34. The summed E-state index contributed by atoms with van der Waals surface area (Å²) in [7, 11) is 0.777. The van der Waals surface area contributed by atoms with Gasteiger partial charge in [-0.2, -0.15) is 0 Å². The molecule has 0 fully saturated rings. The molecular weight excluding hydrogens is 221 g/mol. The molecule has 0 aliphatic carbocycles. The summed E-state index contributed by atoms with van der Waals surface area (Å²) in [4.78, 5) is 8.11. The van der Waals surface area contributed by atoms with Crippen LogP contribution in [0.3, 0.4) is 0 Å². The molecule has 4 heteroatoms. The first-order chi connectivity index (χ1) is 7.86. The summed E-state index contributed by atoms with van der Waals surface area (Å²) >= 11 is 0. The first kappa shape index (κ1) is 12.3. The topological polar surface area (TPSA) is 49.7 Å². The van der Waals surface area contributed by atoms with Gasteiger partial charge in [-0.05, 0) is 10.6 Å². The van der Waals surface area contributed by atoms with Gasteiger partial charge in [-0.3, -0.25) is 0 Å². The van der Waals surface area contributed by atoms with E-state index in [4.69, 9.17) is 10.1 Å². The number of hydrogen-bond donors (Lipinski definition) is 1. The van der Waals surface area contributed by atoms with E-state index >= 15 is 0 Å². The zero-order valence-corrected chi connectivity index (χ0v) is 9.58. The van der Waals surface area contributed by atoms with Crippen LogP contribution in [0.1, 0.15) is 0 Å². The monoisotopic (exact) mass is 233 g/mol. The predicted molar refractivity (Wildman–Crippen MR) is 68.0 cm³/mol. The van der Waals surface area contributed by atoms with Crippen molar-refractivity contribution in [1.29, 1.82) is 0 Å². The zero-order chi connectivity index (χ0) is 11.6. The summed E-state index contributed by atoms with van der Waals surface area (Å²) in [6.07, 6.45) is 0. The number of hydrogen-bond acceptors (Lipinski definition) is 2. The van der Waals surface area contributed by atoms with Crippen LogP contribution < -0.4 is 10.6 Å². The average molecular weight is 233 g/mol. The maximum atomic E-state index is 8.11. The third kappa shape index (κ3) is 4.67. The molecule has 2 aromatic rings. The van der Waals surface area contributed by atoms with E-state index in [2.05, 4.69) is 60.7 Å². The summed E-state index contributed by atoms with van der Waals surface area (Å²) in [6, 6.07) is 21.2. The Morgan fingerprint density at radius 1 is 0.812 bits per heavy atom. The van der Waals surface area contributed by atoms with Gasteiger partial charge in [-0.1, -0.05) is 69.2 Å². The molecule has 0 aromatic heterocycles. The lowest BCUT2D eigenvalue weighted by atomic mass is 10.4. The van der Waals surface area contributed by atoms with Crippen molar-refractivity contribution in [3.63, 3.8) is 0 Å². The summed E-state index contributed by atoms with van der Waals surface area (Å²) in [5.74, 6) is 0. The van der Waals surface area contributed by atoms with Crippen LogP contribution in [0.4, 0.5) is 0 Å². The molecule has 16 heavy (non-hydrogen) atoms. The van der Waals surface area contributed by atoms with E-state index in [0.717, 1.165) is 8.58 Å². The Labute approximate surface area is 95.9 Å². The predicted octanol–water partition coefficient (Wildman–Crippen LogP) is 2.46. The fraction of sp³-hybridized carbons (Fsp3) is 0. The minimum atomic E-state index is 0.777. The van der Waals surface area contributed by atoms with E-state index < -0.39 is 0 Å². The number of benzene rings is 2. The lowest BCUT2D eigenvalue weighted by molar-refractivity contribution is 0.312. The molecule has 0 spiro atoms. The molecule has 0 atom stereocenters. The first-order valence-electron chi connectivity index (χ1n) is 4.70. The standard InChI is InChI=1S/C12H11P.HNO2/c1-3-7-11(8-4-1)13-12-9-5-2-6-10-12;2-1-3/h1-10,13H;(H,2,3). The summed E-state index contributed by atoms with van der Waals surface area (Å²) in [5.41, 5.74) is 0. The fourth-order valence-corrected chi connectivity index (χ4v) is 2.26. The van der Waals surface area contributed by atoms with Crippen LogP contribution >= 0.6 is 8.58 Å². The van der Waals surface area contributed by atoms with Gasteiger partial charge in [0.2, 0.25) is 0 Å². The summed E-state index contributed by atoms with van der Waals surface area (Å²) in [5, 5.41) is 10.7. The van der Waals surface area contributed by atoms with Crippen molar-refractivity contribution in [3.8, 4) is 0 Å². The highest BCUT2D eigenvalue weighted by atomic mass is 31.1. The fourth-order valence-electron chi connectivity index (χ4n) is 1.21. The highest BCUT2D eigenvalue weighted by molar-refractivity contribution is 7.55. The zero-order valence-electron chi connectivity index (χ0n) is 8.58. The molecule has 0 saturated carbocycles. The smallest absolute Gasteiger partial charge is 0.152 e. The van der Waals surface area contributed by atoms with Gasteiger partial charge in [0.25, 0.3) is 0 Å². The van der Waals surface area contributed by atoms with Crippen LogP contribution in [0.25, 0.3) is 0 Å². The summed E-state index contributed by atoms with van der Waals surface area (Å²) in [6.45, 7) is 0. The van der Waals surface area contributed by atoms with Crippen LogP contribution in [-0.2, 0) is 0 Å². The molecule has 0 amide bonds. The minimum Gasteiger partial charge on any atom is -0.379 e. The molecule has 3 nitrogen and oxygen atoms in total. The largest absolute Gasteiger partial charge is 0.379 e. The van der Waals surface area contributed by atoms with Gasteiger partial charge >= 0.3 is 0 Å². The van der Waals surface area contributed by atoms with Gasteiger partial charge in [-0.25, -0.2) is 0 Å². The maximum absolute atomic E-state index is 8.11. The Kier molecular flexibility index (Phi) is 5.82. The molecular formula is C12H12NO2P. The molecule has 1 N–H and O–H groups in total. The number of rotatable bonds is 2.